The van der Waals surface area contributed by atoms with Gasteiger partial charge in [0.05, 0.1) is 35.9 Å². The van der Waals surface area contributed by atoms with Gasteiger partial charge in [-0.2, -0.15) is 0 Å². The van der Waals surface area contributed by atoms with Crippen molar-refractivity contribution in [2.45, 2.75) is 25.7 Å². The Kier molecular flexibility index (Phi) is 10.3. The van der Waals surface area contributed by atoms with Crippen molar-refractivity contribution >= 4 is 28.8 Å². The summed E-state index contributed by atoms with van der Waals surface area (Å²) in [6.07, 6.45) is 3.18. The molecule has 0 aliphatic carbocycles. The molecule has 0 heterocycles. The number of aliphatic hydroxyl groups excluding tert-OH is 1. The Hall–Kier alpha value is 0.120. The predicted octanol–water partition coefficient (Wildman–Crippen LogP) is 1.02. The maximum Gasteiger partial charge on any atom is 0.230 e. The lowest BCUT2D eigenvalue weighted by molar-refractivity contribution is -0.119. The maximum absolute atomic E-state index is 10.7. The second kappa shape index (κ2) is 10.2. The van der Waals surface area contributed by atoms with Gasteiger partial charge in [-0.05, 0) is 19.3 Å². The van der Waals surface area contributed by atoms with E-state index in [2.05, 4.69) is 3.53 Å². The van der Waals surface area contributed by atoms with E-state index in [-0.39, 0.29) is 12.5 Å². The van der Waals surface area contributed by atoms with Crippen LogP contribution in [0.25, 0.3) is 0 Å². The average molecular weight is 301 g/mol. The van der Waals surface area contributed by atoms with E-state index in [9.17, 15) is 4.79 Å². The predicted molar refractivity (Wildman–Crippen MR) is 58.5 cm³/mol. The van der Waals surface area contributed by atoms with Gasteiger partial charge in [-0.15, -0.1) is 0 Å². The number of aliphatic hydroxyl groups is 1. The van der Waals surface area contributed by atoms with Crippen LogP contribution in [0.4, 0.5) is 0 Å². The molecule has 13 heavy (non-hydrogen) atoms. The van der Waals surface area contributed by atoms with E-state index in [0.717, 1.165) is 19.3 Å². The number of hydrogen-bond donors (Lipinski definition) is 2. The summed E-state index contributed by atoms with van der Waals surface area (Å²) in [7, 11) is 0. The van der Waals surface area contributed by atoms with Crippen LogP contribution >= 0.6 is 22.9 Å². The van der Waals surface area contributed by atoms with Crippen LogP contribution in [-0.4, -0.2) is 30.8 Å². The number of amides is 1. The summed E-state index contributed by atoms with van der Waals surface area (Å²) in [5.41, 5.74) is 0. The third-order valence-electron chi connectivity index (χ3n) is 1.53. The molecule has 0 saturated heterocycles. The Morgan fingerprint density at radius 3 is 2.69 bits per heavy atom. The molecule has 0 atom stereocenters. The molecular formula is C8H16INO3. The van der Waals surface area contributed by atoms with Crippen LogP contribution in [-0.2, 0) is 9.53 Å². The normalized spacial score (nSPS) is 10.0. The molecule has 0 aliphatic rings. The largest absolute Gasteiger partial charge is 0.396 e. The van der Waals surface area contributed by atoms with Crippen molar-refractivity contribution in [1.29, 1.82) is 0 Å². The molecule has 0 bridgehead atoms. The Balaban J connectivity index is 2.95. The smallest absolute Gasteiger partial charge is 0.230 e. The molecule has 78 valence electrons. The Morgan fingerprint density at radius 2 is 2.08 bits per heavy atom. The quantitative estimate of drug-likeness (QED) is 0.400. The van der Waals surface area contributed by atoms with E-state index >= 15 is 0 Å². The Bertz CT molecular complexity index is 133. The molecule has 0 aromatic carbocycles. The second-order valence-electron chi connectivity index (χ2n) is 2.66. The van der Waals surface area contributed by atoms with Crippen LogP contribution in [0.5, 0.6) is 0 Å². The van der Waals surface area contributed by atoms with Crippen molar-refractivity contribution in [3.8, 4) is 0 Å². The third-order valence-corrected chi connectivity index (χ3v) is 2.13. The van der Waals surface area contributed by atoms with Gasteiger partial charge in [-0.3, -0.25) is 8.32 Å². The number of nitrogens with one attached hydrogen (secondary N) is 1. The van der Waals surface area contributed by atoms with Gasteiger partial charge in [0.15, 0.2) is 0 Å². The standard InChI is InChI=1S/C8H16INO3/c9-10-8(12)4-7-13-6-3-1-2-5-11/h11H,1-7H2,(H,10,12). The monoisotopic (exact) mass is 301 g/mol. The van der Waals surface area contributed by atoms with E-state index in [1.165, 1.54) is 0 Å². The van der Waals surface area contributed by atoms with Crippen LogP contribution in [0.15, 0.2) is 0 Å². The maximum atomic E-state index is 10.7. The molecule has 2 N–H and O–H groups in total. The summed E-state index contributed by atoms with van der Waals surface area (Å²) in [5.74, 6) is -0.00374. The first kappa shape index (κ1) is 13.1. The van der Waals surface area contributed by atoms with E-state index in [4.69, 9.17) is 9.84 Å². The van der Waals surface area contributed by atoms with E-state index in [1.807, 2.05) is 22.9 Å². The number of carbonyl (C=O) groups excluding carboxylic acids is 1. The molecule has 0 rings (SSSR count). The lowest BCUT2D eigenvalue weighted by Gasteiger charge is -2.02. The Morgan fingerprint density at radius 1 is 1.31 bits per heavy atom. The van der Waals surface area contributed by atoms with E-state index in [1.54, 1.807) is 0 Å². The zero-order valence-corrected chi connectivity index (χ0v) is 9.75. The summed E-state index contributed by atoms with van der Waals surface area (Å²) in [6.45, 7) is 1.40. The molecule has 0 aromatic rings. The number of hydrogen-bond acceptors (Lipinski definition) is 3. The molecule has 0 aliphatic heterocycles. The minimum absolute atomic E-state index is 0.00374. The molecule has 0 fully saturated rings. The van der Waals surface area contributed by atoms with Gasteiger partial charge in [0, 0.05) is 13.2 Å². The highest BCUT2D eigenvalue weighted by atomic mass is 127. The number of rotatable bonds is 8. The molecule has 0 saturated carbocycles. The number of halogens is 1. The topological polar surface area (TPSA) is 58.6 Å². The van der Waals surface area contributed by atoms with Crippen molar-refractivity contribution < 1.29 is 14.6 Å². The first-order chi connectivity index (χ1) is 6.31. The lowest BCUT2D eigenvalue weighted by atomic mass is 10.2. The van der Waals surface area contributed by atoms with Crippen molar-refractivity contribution in [2.24, 2.45) is 0 Å². The van der Waals surface area contributed by atoms with Gasteiger partial charge in [-0.1, -0.05) is 0 Å². The van der Waals surface area contributed by atoms with E-state index in [0.29, 0.717) is 19.6 Å². The van der Waals surface area contributed by atoms with Crippen LogP contribution in [0.1, 0.15) is 25.7 Å². The highest BCUT2D eigenvalue weighted by molar-refractivity contribution is 14.1. The van der Waals surface area contributed by atoms with Crippen LogP contribution in [0, 0.1) is 0 Å². The third kappa shape index (κ3) is 10.0. The van der Waals surface area contributed by atoms with Crippen LogP contribution in [0.2, 0.25) is 0 Å². The van der Waals surface area contributed by atoms with Crippen LogP contribution < -0.4 is 3.53 Å². The molecule has 0 spiro atoms. The van der Waals surface area contributed by atoms with Crippen molar-refractivity contribution in [3.05, 3.63) is 0 Å². The first-order valence-electron chi connectivity index (χ1n) is 4.39. The van der Waals surface area contributed by atoms with Crippen molar-refractivity contribution in [3.63, 3.8) is 0 Å². The number of carbonyl (C=O) groups is 1. The number of unbranched alkanes of at least 4 members (excludes halogenated alkanes) is 2. The van der Waals surface area contributed by atoms with Crippen molar-refractivity contribution in [1.82, 2.24) is 3.53 Å². The highest BCUT2D eigenvalue weighted by Crippen LogP contribution is 1.95. The summed E-state index contributed by atoms with van der Waals surface area (Å²) in [6, 6.07) is 0. The number of ether oxygens (including phenoxy) is 1. The molecule has 0 aromatic heterocycles. The zero-order valence-electron chi connectivity index (χ0n) is 7.59. The van der Waals surface area contributed by atoms with Gasteiger partial charge in [0.25, 0.3) is 0 Å². The lowest BCUT2D eigenvalue weighted by Crippen LogP contribution is -2.14. The zero-order chi connectivity index (χ0) is 9.94. The minimum atomic E-state index is -0.00374. The molecule has 1 amide bonds. The Labute approximate surface area is 92.5 Å². The molecule has 0 radical (unpaired) electrons. The van der Waals surface area contributed by atoms with E-state index < -0.39 is 0 Å². The fourth-order valence-corrected chi connectivity index (χ4v) is 1.08. The van der Waals surface area contributed by atoms with Crippen LogP contribution in [0.3, 0.4) is 0 Å². The summed E-state index contributed by atoms with van der Waals surface area (Å²) in [5, 5.41) is 8.48. The van der Waals surface area contributed by atoms with Gasteiger partial charge in [0.1, 0.15) is 0 Å². The molecular weight excluding hydrogens is 285 g/mol. The second-order valence-corrected chi connectivity index (χ2v) is 3.20. The molecule has 4 nitrogen and oxygen atoms in total. The average Bonchev–Trinajstić information content (AvgIpc) is 2.16. The summed E-state index contributed by atoms with van der Waals surface area (Å²) >= 11 is 1.81. The molecule has 5 heteroatoms. The SMILES string of the molecule is O=C(CCOCCCCCO)NI. The summed E-state index contributed by atoms with van der Waals surface area (Å²) < 4.78 is 7.70. The summed E-state index contributed by atoms with van der Waals surface area (Å²) in [4.78, 5) is 10.7. The fraction of sp³-hybridized carbons (Fsp3) is 0.875. The van der Waals surface area contributed by atoms with Gasteiger partial charge >= 0.3 is 0 Å². The first-order valence-corrected chi connectivity index (χ1v) is 5.47. The van der Waals surface area contributed by atoms with Gasteiger partial charge in [-0.25, -0.2) is 0 Å². The minimum Gasteiger partial charge on any atom is -0.396 e. The molecule has 0 unspecified atom stereocenters. The van der Waals surface area contributed by atoms with Gasteiger partial charge < -0.3 is 9.84 Å². The highest BCUT2D eigenvalue weighted by Gasteiger charge is 1.97. The van der Waals surface area contributed by atoms with Gasteiger partial charge in [0.2, 0.25) is 5.91 Å². The van der Waals surface area contributed by atoms with Crippen molar-refractivity contribution in [2.75, 3.05) is 19.8 Å². The fourth-order valence-electron chi connectivity index (χ4n) is 0.807.